The zero-order chi connectivity index (χ0) is 12.7. The van der Waals surface area contributed by atoms with E-state index in [0.29, 0.717) is 6.04 Å². The number of hydrogen-bond donors (Lipinski definition) is 1. The number of nitrogens with zero attached hydrogens (tertiary/aromatic N) is 3. The van der Waals surface area contributed by atoms with E-state index >= 15 is 0 Å². The van der Waals surface area contributed by atoms with E-state index in [1.165, 1.54) is 5.56 Å². The summed E-state index contributed by atoms with van der Waals surface area (Å²) in [5.41, 5.74) is 3.30. The van der Waals surface area contributed by atoms with Gasteiger partial charge in [-0.1, -0.05) is 0 Å². The van der Waals surface area contributed by atoms with Gasteiger partial charge in [-0.05, 0) is 63.8 Å². The van der Waals surface area contributed by atoms with E-state index in [1.807, 2.05) is 12.3 Å². The fourth-order valence-electron chi connectivity index (χ4n) is 2.74. The van der Waals surface area contributed by atoms with Crippen molar-refractivity contribution in [1.82, 2.24) is 19.4 Å². The van der Waals surface area contributed by atoms with Crippen LogP contribution in [0.4, 0.5) is 0 Å². The zero-order valence-electron chi connectivity index (χ0n) is 10.8. The fraction of sp³-hybridized carbons (Fsp3) is 0.538. The lowest BCUT2D eigenvalue weighted by Gasteiger charge is -2.29. The number of imidazole rings is 1. The molecule has 18 heavy (non-hydrogen) atoms. The van der Waals surface area contributed by atoms with Crippen LogP contribution in [0.15, 0.2) is 12.3 Å². The van der Waals surface area contributed by atoms with E-state index in [2.05, 4.69) is 33.4 Å². The minimum absolute atomic E-state index is 0.483. The summed E-state index contributed by atoms with van der Waals surface area (Å²) in [5.74, 6) is 0. The molecule has 0 aromatic carbocycles. The van der Waals surface area contributed by atoms with Crippen molar-refractivity contribution in [2.45, 2.75) is 25.8 Å². The number of aryl methyl sites for hydroxylation is 1. The molecule has 2 aromatic rings. The maximum absolute atomic E-state index is 5.48. The van der Waals surface area contributed by atoms with Gasteiger partial charge in [0.1, 0.15) is 0 Å². The number of aromatic nitrogens is 3. The summed E-state index contributed by atoms with van der Waals surface area (Å²) < 4.78 is 3.02. The molecule has 4 nitrogen and oxygen atoms in total. The maximum atomic E-state index is 5.48. The highest BCUT2D eigenvalue weighted by molar-refractivity contribution is 7.71. The number of likely N-dealkylation sites (tertiary alicyclic amines) is 1. The Morgan fingerprint density at radius 3 is 2.83 bits per heavy atom. The van der Waals surface area contributed by atoms with Crippen LogP contribution in [0.5, 0.6) is 0 Å². The minimum Gasteiger partial charge on any atom is -0.329 e. The predicted octanol–water partition coefficient (Wildman–Crippen LogP) is 2.67. The van der Waals surface area contributed by atoms with Gasteiger partial charge < -0.3 is 9.88 Å². The first-order valence-corrected chi connectivity index (χ1v) is 6.82. The molecule has 5 heteroatoms. The van der Waals surface area contributed by atoms with E-state index in [0.717, 1.165) is 41.9 Å². The van der Waals surface area contributed by atoms with Crippen LogP contribution in [-0.2, 0) is 0 Å². The first kappa shape index (κ1) is 11.9. The molecule has 0 atom stereocenters. The van der Waals surface area contributed by atoms with Gasteiger partial charge in [-0.3, -0.25) is 4.57 Å². The molecular weight excluding hydrogens is 244 g/mol. The van der Waals surface area contributed by atoms with Crippen molar-refractivity contribution in [3.05, 3.63) is 22.6 Å². The van der Waals surface area contributed by atoms with Crippen molar-refractivity contribution < 1.29 is 0 Å². The third-order valence-corrected chi connectivity index (χ3v) is 4.17. The molecule has 2 aromatic heterocycles. The van der Waals surface area contributed by atoms with E-state index in [-0.39, 0.29) is 0 Å². The van der Waals surface area contributed by atoms with Crippen LogP contribution in [0.3, 0.4) is 0 Å². The van der Waals surface area contributed by atoms with Gasteiger partial charge in [0, 0.05) is 12.2 Å². The molecule has 1 saturated heterocycles. The van der Waals surface area contributed by atoms with Crippen LogP contribution in [0, 0.1) is 11.7 Å². The quantitative estimate of drug-likeness (QED) is 0.803. The van der Waals surface area contributed by atoms with Crippen molar-refractivity contribution in [3.63, 3.8) is 0 Å². The van der Waals surface area contributed by atoms with E-state index < -0.39 is 0 Å². The van der Waals surface area contributed by atoms with Crippen molar-refractivity contribution in [3.8, 4) is 0 Å². The normalized spacial score (nSPS) is 18.6. The van der Waals surface area contributed by atoms with Crippen molar-refractivity contribution in [2.24, 2.45) is 0 Å². The summed E-state index contributed by atoms with van der Waals surface area (Å²) in [7, 11) is 2.17. The molecule has 3 heterocycles. The van der Waals surface area contributed by atoms with Crippen LogP contribution in [0.1, 0.15) is 24.4 Å². The number of aromatic amines is 1. The smallest absolute Gasteiger partial charge is 0.179 e. The number of fused-ring (bicyclic) bond motifs is 1. The minimum atomic E-state index is 0.483. The Morgan fingerprint density at radius 2 is 2.11 bits per heavy atom. The van der Waals surface area contributed by atoms with Crippen LogP contribution in [0.25, 0.3) is 11.2 Å². The molecular formula is C13H18N4S. The van der Waals surface area contributed by atoms with Gasteiger partial charge in [0.2, 0.25) is 0 Å². The number of nitrogens with one attached hydrogen (secondary N) is 1. The summed E-state index contributed by atoms with van der Waals surface area (Å²) in [6, 6.07) is 2.50. The Bertz CT molecular complexity index is 619. The predicted molar refractivity (Wildman–Crippen MR) is 75.4 cm³/mol. The summed E-state index contributed by atoms with van der Waals surface area (Å²) in [5, 5.41) is 0. The third kappa shape index (κ3) is 1.87. The molecule has 1 fully saturated rings. The molecule has 0 saturated carbocycles. The average molecular weight is 262 g/mol. The Morgan fingerprint density at radius 1 is 1.39 bits per heavy atom. The number of rotatable bonds is 1. The Hall–Kier alpha value is -1.20. The van der Waals surface area contributed by atoms with Crippen LogP contribution >= 0.6 is 12.2 Å². The number of H-pyrrole nitrogens is 1. The molecule has 0 spiro atoms. The molecule has 96 valence electrons. The molecule has 0 unspecified atom stereocenters. The van der Waals surface area contributed by atoms with Gasteiger partial charge in [0.15, 0.2) is 10.4 Å². The van der Waals surface area contributed by atoms with E-state index in [9.17, 15) is 0 Å². The summed E-state index contributed by atoms with van der Waals surface area (Å²) in [6.07, 6.45) is 4.16. The Kier molecular flexibility index (Phi) is 2.95. The van der Waals surface area contributed by atoms with Gasteiger partial charge in [-0.25, -0.2) is 4.98 Å². The summed E-state index contributed by atoms with van der Waals surface area (Å²) in [6.45, 7) is 4.35. The molecule has 1 aliphatic heterocycles. The highest BCUT2D eigenvalue weighted by atomic mass is 32.1. The number of pyridine rings is 1. The molecule has 1 aliphatic rings. The standard InChI is InChI=1S/C13H18N4S/c1-9-3-6-14-12-11(9)15-13(18)17(12)10-4-7-16(2)8-5-10/h3,6,10H,4-5,7-8H2,1-2H3,(H,15,18). The van der Waals surface area contributed by atoms with Gasteiger partial charge >= 0.3 is 0 Å². The highest BCUT2D eigenvalue weighted by Crippen LogP contribution is 2.26. The number of hydrogen-bond acceptors (Lipinski definition) is 3. The number of piperidine rings is 1. The van der Waals surface area contributed by atoms with Gasteiger partial charge in [0.25, 0.3) is 0 Å². The van der Waals surface area contributed by atoms with Crippen LogP contribution in [0.2, 0.25) is 0 Å². The van der Waals surface area contributed by atoms with Gasteiger partial charge in [-0.2, -0.15) is 0 Å². The Labute approximate surface area is 112 Å². The lowest BCUT2D eigenvalue weighted by Crippen LogP contribution is -2.31. The van der Waals surface area contributed by atoms with Gasteiger partial charge in [-0.15, -0.1) is 0 Å². The molecule has 0 radical (unpaired) electrons. The summed E-state index contributed by atoms with van der Waals surface area (Å²) in [4.78, 5) is 10.2. The lowest BCUT2D eigenvalue weighted by molar-refractivity contribution is 0.222. The molecule has 3 rings (SSSR count). The zero-order valence-corrected chi connectivity index (χ0v) is 11.6. The first-order valence-electron chi connectivity index (χ1n) is 6.41. The second-order valence-corrected chi connectivity index (χ2v) is 5.55. The lowest BCUT2D eigenvalue weighted by atomic mass is 10.1. The molecule has 0 aliphatic carbocycles. The van der Waals surface area contributed by atoms with Gasteiger partial charge in [0.05, 0.1) is 5.52 Å². The first-order chi connectivity index (χ1) is 8.66. The van der Waals surface area contributed by atoms with Crippen LogP contribution < -0.4 is 0 Å². The topological polar surface area (TPSA) is 36.9 Å². The molecule has 0 amide bonds. The average Bonchev–Trinajstić information content (AvgIpc) is 2.69. The molecule has 1 N–H and O–H groups in total. The second-order valence-electron chi connectivity index (χ2n) is 5.16. The molecule has 0 bridgehead atoms. The van der Waals surface area contributed by atoms with E-state index in [1.54, 1.807) is 0 Å². The second kappa shape index (κ2) is 4.48. The fourth-order valence-corrected chi connectivity index (χ4v) is 3.07. The Balaban J connectivity index is 2.09. The monoisotopic (exact) mass is 262 g/mol. The highest BCUT2D eigenvalue weighted by Gasteiger charge is 2.21. The van der Waals surface area contributed by atoms with E-state index in [4.69, 9.17) is 12.2 Å². The van der Waals surface area contributed by atoms with Crippen LogP contribution in [-0.4, -0.2) is 39.6 Å². The largest absolute Gasteiger partial charge is 0.329 e. The van der Waals surface area contributed by atoms with Crippen molar-refractivity contribution in [1.29, 1.82) is 0 Å². The van der Waals surface area contributed by atoms with Crippen molar-refractivity contribution in [2.75, 3.05) is 20.1 Å². The third-order valence-electron chi connectivity index (χ3n) is 3.87. The maximum Gasteiger partial charge on any atom is 0.179 e. The van der Waals surface area contributed by atoms with Crippen molar-refractivity contribution >= 4 is 23.4 Å². The SMILES string of the molecule is Cc1ccnc2c1[nH]c(=S)n2C1CCN(C)CC1. The summed E-state index contributed by atoms with van der Waals surface area (Å²) >= 11 is 5.48.